The van der Waals surface area contributed by atoms with Gasteiger partial charge in [0.2, 0.25) is 5.78 Å². The second-order valence-electron chi connectivity index (χ2n) is 6.18. The van der Waals surface area contributed by atoms with Gasteiger partial charge in [0.05, 0.1) is 19.1 Å². The first-order chi connectivity index (χ1) is 13.6. The maximum Gasteiger partial charge on any atom is 0.351 e. The lowest BCUT2D eigenvalue weighted by Gasteiger charge is -2.49. The Labute approximate surface area is 162 Å². The van der Waals surface area contributed by atoms with E-state index in [1.807, 2.05) is 0 Å². The van der Waals surface area contributed by atoms with E-state index in [2.05, 4.69) is 4.98 Å². The van der Waals surface area contributed by atoms with Gasteiger partial charge in [-0.1, -0.05) is 36.4 Å². The zero-order valence-corrected chi connectivity index (χ0v) is 15.7. The molecule has 0 bridgehead atoms. The Morgan fingerprint density at radius 1 is 0.964 bits per heavy atom. The molecular formula is C21H21NO6. The summed E-state index contributed by atoms with van der Waals surface area (Å²) in [6.07, 6.45) is 0.430. The fourth-order valence-corrected chi connectivity index (χ4v) is 3.32. The maximum absolute atomic E-state index is 13.0. The van der Waals surface area contributed by atoms with Crippen molar-refractivity contribution in [3.63, 3.8) is 0 Å². The Hall–Kier alpha value is -3.06. The summed E-state index contributed by atoms with van der Waals surface area (Å²) in [6.45, 7) is 3.38. The van der Waals surface area contributed by atoms with E-state index in [9.17, 15) is 14.4 Å². The van der Waals surface area contributed by atoms with Crippen molar-refractivity contribution in [2.24, 2.45) is 0 Å². The smallest absolute Gasteiger partial charge is 0.351 e. The molecule has 0 spiro atoms. The van der Waals surface area contributed by atoms with Gasteiger partial charge >= 0.3 is 11.9 Å². The van der Waals surface area contributed by atoms with Gasteiger partial charge in [0, 0.05) is 6.20 Å². The van der Waals surface area contributed by atoms with Crippen LogP contribution in [-0.2, 0) is 23.8 Å². The molecule has 0 saturated carbocycles. The van der Waals surface area contributed by atoms with Crippen LogP contribution < -0.4 is 0 Å². The van der Waals surface area contributed by atoms with Gasteiger partial charge in [-0.25, -0.2) is 9.59 Å². The van der Waals surface area contributed by atoms with Gasteiger partial charge < -0.3 is 14.2 Å². The molecule has 2 atom stereocenters. The van der Waals surface area contributed by atoms with Crippen molar-refractivity contribution in [3.8, 4) is 0 Å². The SMILES string of the molecule is CCOC(=O)C1(C(=O)OCC)O[C@@H](C(=O)c2ccccn2)[C@@H]1c1ccccc1. The number of carbonyl (C=O) groups excluding carboxylic acids is 3. The summed E-state index contributed by atoms with van der Waals surface area (Å²) < 4.78 is 15.9. The molecule has 146 valence electrons. The van der Waals surface area contributed by atoms with Crippen LogP contribution in [0.3, 0.4) is 0 Å². The third-order valence-corrected chi connectivity index (χ3v) is 4.55. The number of hydrogen-bond donors (Lipinski definition) is 0. The lowest BCUT2D eigenvalue weighted by atomic mass is 9.70. The molecule has 7 nitrogen and oxygen atoms in total. The van der Waals surface area contributed by atoms with E-state index in [4.69, 9.17) is 14.2 Å². The molecule has 2 heterocycles. The second kappa shape index (κ2) is 8.31. The molecule has 1 aliphatic rings. The van der Waals surface area contributed by atoms with E-state index in [1.54, 1.807) is 62.4 Å². The predicted molar refractivity (Wildman–Crippen MR) is 98.6 cm³/mol. The minimum absolute atomic E-state index is 0.0592. The highest BCUT2D eigenvalue weighted by atomic mass is 16.6. The van der Waals surface area contributed by atoms with E-state index in [-0.39, 0.29) is 18.9 Å². The maximum atomic E-state index is 13.0. The number of rotatable bonds is 7. The van der Waals surface area contributed by atoms with Gasteiger partial charge in [-0.2, -0.15) is 0 Å². The lowest BCUT2D eigenvalue weighted by Crippen LogP contribution is -2.70. The van der Waals surface area contributed by atoms with Gasteiger partial charge in [0.15, 0.2) is 0 Å². The summed E-state index contributed by atoms with van der Waals surface area (Å²) in [6, 6.07) is 13.7. The van der Waals surface area contributed by atoms with E-state index in [1.165, 1.54) is 6.20 Å². The van der Waals surface area contributed by atoms with Gasteiger partial charge in [-0.15, -0.1) is 0 Å². The van der Waals surface area contributed by atoms with Crippen LogP contribution in [0.15, 0.2) is 54.7 Å². The molecule has 1 aliphatic heterocycles. The molecule has 0 N–H and O–H groups in total. The Balaban J connectivity index is 2.06. The fourth-order valence-electron chi connectivity index (χ4n) is 3.32. The molecule has 1 aromatic heterocycles. The van der Waals surface area contributed by atoms with Crippen molar-refractivity contribution < 1.29 is 28.6 Å². The molecule has 1 aromatic carbocycles. The highest BCUT2D eigenvalue weighted by Crippen LogP contribution is 2.49. The summed E-state index contributed by atoms with van der Waals surface area (Å²) >= 11 is 0. The largest absolute Gasteiger partial charge is 0.463 e. The first-order valence-corrected chi connectivity index (χ1v) is 9.08. The Bertz CT molecular complexity index is 834. The lowest BCUT2D eigenvalue weighted by molar-refractivity contribution is -0.236. The van der Waals surface area contributed by atoms with Gasteiger partial charge in [0.1, 0.15) is 11.8 Å². The Morgan fingerprint density at radius 3 is 2.11 bits per heavy atom. The summed E-state index contributed by atoms with van der Waals surface area (Å²) in [7, 11) is 0. The molecule has 0 unspecified atom stereocenters. The van der Waals surface area contributed by atoms with Crippen molar-refractivity contribution in [1.82, 2.24) is 4.98 Å². The van der Waals surface area contributed by atoms with Crippen LogP contribution >= 0.6 is 0 Å². The van der Waals surface area contributed by atoms with E-state index in [0.29, 0.717) is 5.56 Å². The van der Waals surface area contributed by atoms with Gasteiger partial charge in [0.25, 0.3) is 5.60 Å². The number of Topliss-reactive ketones (excluding diaryl/α,β-unsaturated/α-hetero) is 1. The van der Waals surface area contributed by atoms with Crippen LogP contribution in [0, 0.1) is 0 Å². The van der Waals surface area contributed by atoms with Crippen LogP contribution in [0.5, 0.6) is 0 Å². The normalized spacial score (nSPS) is 19.9. The Kier molecular flexibility index (Phi) is 5.84. The molecule has 2 aromatic rings. The molecular weight excluding hydrogens is 362 g/mol. The number of benzene rings is 1. The average Bonchev–Trinajstić information content (AvgIpc) is 2.69. The molecule has 28 heavy (non-hydrogen) atoms. The summed E-state index contributed by atoms with van der Waals surface area (Å²) in [4.78, 5) is 42.6. The topological polar surface area (TPSA) is 91.8 Å². The molecule has 3 rings (SSSR count). The molecule has 0 radical (unpaired) electrons. The minimum atomic E-state index is -2.03. The third-order valence-electron chi connectivity index (χ3n) is 4.55. The number of esters is 2. The Morgan fingerprint density at radius 2 is 1.57 bits per heavy atom. The van der Waals surface area contributed by atoms with Crippen molar-refractivity contribution >= 4 is 17.7 Å². The quantitative estimate of drug-likeness (QED) is 0.412. The van der Waals surface area contributed by atoms with Crippen LogP contribution in [0.1, 0.15) is 35.8 Å². The number of ether oxygens (including phenoxy) is 3. The molecule has 1 saturated heterocycles. The number of pyridine rings is 1. The first kappa shape index (κ1) is 19.7. The second-order valence-corrected chi connectivity index (χ2v) is 6.18. The highest BCUT2D eigenvalue weighted by molar-refractivity contribution is 6.10. The van der Waals surface area contributed by atoms with Gasteiger partial charge in [-0.3, -0.25) is 9.78 Å². The number of nitrogens with zero attached hydrogens (tertiary/aromatic N) is 1. The molecule has 7 heteroatoms. The first-order valence-electron chi connectivity index (χ1n) is 9.08. The summed E-state index contributed by atoms with van der Waals surface area (Å²) in [5, 5.41) is 0. The summed E-state index contributed by atoms with van der Waals surface area (Å²) in [5.41, 5.74) is -1.23. The minimum Gasteiger partial charge on any atom is -0.463 e. The van der Waals surface area contributed by atoms with Crippen molar-refractivity contribution in [3.05, 3.63) is 66.0 Å². The number of ketones is 1. The molecule has 1 fully saturated rings. The van der Waals surface area contributed by atoms with Crippen LogP contribution in [-0.4, -0.2) is 47.6 Å². The average molecular weight is 383 g/mol. The van der Waals surface area contributed by atoms with Crippen molar-refractivity contribution in [2.45, 2.75) is 31.5 Å². The van der Waals surface area contributed by atoms with E-state index < -0.39 is 35.3 Å². The van der Waals surface area contributed by atoms with Crippen LogP contribution in [0.4, 0.5) is 0 Å². The molecule has 0 amide bonds. The van der Waals surface area contributed by atoms with Crippen molar-refractivity contribution in [2.75, 3.05) is 13.2 Å². The fraction of sp³-hybridized carbons (Fsp3) is 0.333. The third kappa shape index (κ3) is 3.29. The van der Waals surface area contributed by atoms with E-state index in [0.717, 1.165) is 0 Å². The van der Waals surface area contributed by atoms with E-state index >= 15 is 0 Å². The zero-order valence-electron chi connectivity index (χ0n) is 15.7. The van der Waals surface area contributed by atoms with Crippen LogP contribution in [0.2, 0.25) is 0 Å². The number of aromatic nitrogens is 1. The zero-order chi connectivity index (χ0) is 20.1. The monoisotopic (exact) mass is 383 g/mol. The number of carbonyl (C=O) groups is 3. The summed E-state index contributed by atoms with van der Waals surface area (Å²) in [5.74, 6) is -3.04. The predicted octanol–water partition coefficient (Wildman–Crippen LogP) is 2.31. The number of hydrogen-bond acceptors (Lipinski definition) is 7. The van der Waals surface area contributed by atoms with Crippen molar-refractivity contribution in [1.29, 1.82) is 0 Å². The van der Waals surface area contributed by atoms with Crippen LogP contribution in [0.25, 0.3) is 0 Å². The highest BCUT2D eigenvalue weighted by Gasteiger charge is 2.70. The standard InChI is InChI=1S/C21H21NO6/c1-3-26-19(24)21(20(25)27-4-2)16(14-10-6-5-7-11-14)18(28-21)17(23)15-12-8-9-13-22-15/h5-13,16,18H,3-4H2,1-2H3/t16-,18+/m0/s1. The molecule has 0 aliphatic carbocycles. The van der Waals surface area contributed by atoms with Gasteiger partial charge in [-0.05, 0) is 31.5 Å².